The Morgan fingerprint density at radius 2 is 1.90 bits per heavy atom. The Bertz CT molecular complexity index is 1240. The SMILES string of the molecule is Cc1nn(-c2ccc(C(F)(F)F)cc2)nc1COc1ccc2occ(CC(=O)O)c2c1. The minimum atomic E-state index is -4.41. The second kappa shape index (κ2) is 7.78. The lowest BCUT2D eigenvalue weighted by atomic mass is 10.1. The molecule has 0 aliphatic carbocycles. The van der Waals surface area contributed by atoms with Crippen LogP contribution in [0.1, 0.15) is 22.5 Å². The van der Waals surface area contributed by atoms with Crippen LogP contribution in [0.5, 0.6) is 5.75 Å². The molecular weight excluding hydrogens is 415 g/mol. The monoisotopic (exact) mass is 431 g/mol. The molecule has 2 aromatic heterocycles. The van der Waals surface area contributed by atoms with Gasteiger partial charge in [-0.25, -0.2) is 0 Å². The number of fused-ring (bicyclic) bond motifs is 1. The third-order valence-corrected chi connectivity index (χ3v) is 4.65. The summed E-state index contributed by atoms with van der Waals surface area (Å²) in [7, 11) is 0. The number of aromatic nitrogens is 3. The summed E-state index contributed by atoms with van der Waals surface area (Å²) in [5, 5.41) is 18.2. The maximum absolute atomic E-state index is 12.7. The van der Waals surface area contributed by atoms with E-state index >= 15 is 0 Å². The molecule has 0 aliphatic rings. The number of halogens is 3. The van der Waals surface area contributed by atoms with Gasteiger partial charge in [-0.2, -0.15) is 23.1 Å². The smallest absolute Gasteiger partial charge is 0.416 e. The van der Waals surface area contributed by atoms with Crippen molar-refractivity contribution in [2.75, 3.05) is 0 Å². The predicted molar refractivity (Wildman–Crippen MR) is 103 cm³/mol. The van der Waals surface area contributed by atoms with Crippen molar-refractivity contribution in [3.63, 3.8) is 0 Å². The van der Waals surface area contributed by atoms with Gasteiger partial charge in [0.1, 0.15) is 23.6 Å². The summed E-state index contributed by atoms with van der Waals surface area (Å²) in [5.41, 5.74) is 1.81. The highest BCUT2D eigenvalue weighted by atomic mass is 19.4. The van der Waals surface area contributed by atoms with E-state index in [1.54, 1.807) is 25.1 Å². The number of furan rings is 1. The second-order valence-electron chi connectivity index (χ2n) is 6.84. The van der Waals surface area contributed by atoms with Crippen molar-refractivity contribution >= 4 is 16.9 Å². The zero-order valence-electron chi connectivity index (χ0n) is 16.2. The summed E-state index contributed by atoms with van der Waals surface area (Å²) in [6.07, 6.45) is -3.18. The summed E-state index contributed by atoms with van der Waals surface area (Å²) < 4.78 is 49.3. The molecular formula is C21H16F3N3O4. The molecule has 160 valence electrons. The topological polar surface area (TPSA) is 90.4 Å². The second-order valence-corrected chi connectivity index (χ2v) is 6.84. The number of carbonyl (C=O) groups is 1. The minimum absolute atomic E-state index is 0.0735. The Hall–Kier alpha value is -3.82. The van der Waals surface area contributed by atoms with Crippen molar-refractivity contribution in [3.05, 3.63) is 71.2 Å². The third kappa shape index (κ3) is 4.37. The molecule has 0 radical (unpaired) electrons. The molecule has 0 saturated carbocycles. The molecule has 31 heavy (non-hydrogen) atoms. The molecule has 0 fully saturated rings. The molecule has 2 aromatic carbocycles. The quantitative estimate of drug-likeness (QED) is 0.482. The molecule has 0 atom stereocenters. The van der Waals surface area contributed by atoms with E-state index in [-0.39, 0.29) is 13.0 Å². The Morgan fingerprint density at radius 3 is 2.58 bits per heavy atom. The van der Waals surface area contributed by atoms with Crippen LogP contribution in [0, 0.1) is 6.92 Å². The van der Waals surface area contributed by atoms with Gasteiger partial charge in [-0.15, -0.1) is 5.10 Å². The number of alkyl halides is 3. The number of aliphatic carboxylic acids is 1. The Morgan fingerprint density at radius 1 is 1.16 bits per heavy atom. The fraction of sp³-hybridized carbons (Fsp3) is 0.190. The van der Waals surface area contributed by atoms with Crippen molar-refractivity contribution in [1.29, 1.82) is 0 Å². The van der Waals surface area contributed by atoms with Gasteiger partial charge >= 0.3 is 12.1 Å². The van der Waals surface area contributed by atoms with Crippen LogP contribution in [0.25, 0.3) is 16.7 Å². The number of aryl methyl sites for hydroxylation is 1. The fourth-order valence-electron chi connectivity index (χ4n) is 3.04. The lowest BCUT2D eigenvalue weighted by Gasteiger charge is -2.07. The van der Waals surface area contributed by atoms with Crippen molar-refractivity contribution in [1.82, 2.24) is 15.0 Å². The average Bonchev–Trinajstić information content (AvgIpc) is 3.28. The first-order valence-corrected chi connectivity index (χ1v) is 9.16. The van der Waals surface area contributed by atoms with Crippen molar-refractivity contribution < 1.29 is 32.2 Å². The molecule has 7 nitrogen and oxygen atoms in total. The number of hydrogen-bond acceptors (Lipinski definition) is 5. The van der Waals surface area contributed by atoms with Gasteiger partial charge in [-0.3, -0.25) is 4.79 Å². The van der Waals surface area contributed by atoms with Gasteiger partial charge in [0.15, 0.2) is 0 Å². The van der Waals surface area contributed by atoms with E-state index in [4.69, 9.17) is 14.3 Å². The molecule has 0 unspecified atom stereocenters. The predicted octanol–water partition coefficient (Wildman–Crippen LogP) is 4.55. The van der Waals surface area contributed by atoms with Crippen LogP contribution in [0.3, 0.4) is 0 Å². The zero-order valence-corrected chi connectivity index (χ0v) is 16.2. The minimum Gasteiger partial charge on any atom is -0.487 e. The van der Waals surface area contributed by atoms with E-state index in [9.17, 15) is 18.0 Å². The standard InChI is InChI=1S/C21H16F3N3O4/c1-12-18(26-27(25-12)15-4-2-14(3-5-15)21(22,23)24)11-30-16-6-7-19-17(9-16)13(10-31-19)8-20(28)29/h2-7,9-10H,8,11H2,1H3,(H,28,29). The van der Waals surface area contributed by atoms with Crippen LogP contribution in [0.15, 0.2) is 53.1 Å². The van der Waals surface area contributed by atoms with Crippen LogP contribution in [0.4, 0.5) is 13.2 Å². The molecule has 0 spiro atoms. The van der Waals surface area contributed by atoms with E-state index < -0.39 is 17.7 Å². The number of carboxylic acids is 1. The van der Waals surface area contributed by atoms with Crippen LogP contribution in [-0.4, -0.2) is 26.1 Å². The Balaban J connectivity index is 1.51. The summed E-state index contributed by atoms with van der Waals surface area (Å²) in [4.78, 5) is 12.2. The summed E-state index contributed by atoms with van der Waals surface area (Å²) >= 11 is 0. The van der Waals surface area contributed by atoms with Gasteiger partial charge < -0.3 is 14.3 Å². The number of nitrogens with zero attached hydrogens (tertiary/aromatic N) is 3. The van der Waals surface area contributed by atoms with E-state index in [0.29, 0.717) is 39.4 Å². The first kappa shape index (κ1) is 20.5. The normalized spacial score (nSPS) is 11.7. The van der Waals surface area contributed by atoms with Crippen LogP contribution < -0.4 is 4.74 Å². The van der Waals surface area contributed by atoms with Gasteiger partial charge in [0, 0.05) is 10.9 Å². The molecule has 0 saturated heterocycles. The molecule has 4 aromatic rings. The fourth-order valence-corrected chi connectivity index (χ4v) is 3.04. The molecule has 2 heterocycles. The number of hydrogen-bond donors (Lipinski definition) is 1. The molecule has 1 N–H and O–H groups in total. The third-order valence-electron chi connectivity index (χ3n) is 4.65. The van der Waals surface area contributed by atoms with Gasteiger partial charge in [-0.1, -0.05) is 0 Å². The highest BCUT2D eigenvalue weighted by molar-refractivity contribution is 5.86. The molecule has 0 bridgehead atoms. The van der Waals surface area contributed by atoms with E-state index in [0.717, 1.165) is 12.1 Å². The Kier molecular flexibility index (Phi) is 5.14. The van der Waals surface area contributed by atoms with Crippen LogP contribution in [0.2, 0.25) is 0 Å². The number of carboxylic acid groups (broad SMARTS) is 1. The molecule has 4 rings (SSSR count). The van der Waals surface area contributed by atoms with Crippen molar-refractivity contribution in [2.45, 2.75) is 26.1 Å². The average molecular weight is 431 g/mol. The number of rotatable bonds is 6. The van der Waals surface area contributed by atoms with E-state index in [1.807, 2.05) is 0 Å². The number of ether oxygens (including phenoxy) is 1. The van der Waals surface area contributed by atoms with E-state index in [2.05, 4.69) is 10.2 Å². The molecule has 10 heteroatoms. The maximum atomic E-state index is 12.7. The summed E-state index contributed by atoms with van der Waals surface area (Å²) in [6, 6.07) is 9.59. The number of benzene rings is 2. The zero-order chi connectivity index (χ0) is 22.2. The Labute approximate surface area is 173 Å². The summed E-state index contributed by atoms with van der Waals surface area (Å²) in [6.45, 7) is 1.79. The maximum Gasteiger partial charge on any atom is 0.416 e. The van der Waals surface area contributed by atoms with Gasteiger partial charge in [0.05, 0.1) is 29.6 Å². The van der Waals surface area contributed by atoms with Crippen molar-refractivity contribution in [3.8, 4) is 11.4 Å². The van der Waals surface area contributed by atoms with Crippen molar-refractivity contribution in [2.24, 2.45) is 0 Å². The lowest BCUT2D eigenvalue weighted by Crippen LogP contribution is -2.06. The van der Waals surface area contributed by atoms with E-state index in [1.165, 1.54) is 23.2 Å². The molecule has 0 aliphatic heterocycles. The van der Waals surface area contributed by atoms with Crippen LogP contribution >= 0.6 is 0 Å². The summed E-state index contributed by atoms with van der Waals surface area (Å²) in [5.74, 6) is -0.478. The largest absolute Gasteiger partial charge is 0.487 e. The lowest BCUT2D eigenvalue weighted by molar-refractivity contribution is -0.138. The highest BCUT2D eigenvalue weighted by Gasteiger charge is 2.30. The first-order valence-electron chi connectivity index (χ1n) is 9.16. The first-order chi connectivity index (χ1) is 14.7. The van der Waals surface area contributed by atoms with Gasteiger partial charge in [-0.05, 0) is 49.4 Å². The van der Waals surface area contributed by atoms with Crippen LogP contribution in [-0.2, 0) is 24.0 Å². The molecule has 0 amide bonds. The highest BCUT2D eigenvalue weighted by Crippen LogP contribution is 2.30. The van der Waals surface area contributed by atoms with Gasteiger partial charge in [0.2, 0.25) is 0 Å². The van der Waals surface area contributed by atoms with Gasteiger partial charge in [0.25, 0.3) is 0 Å².